The van der Waals surface area contributed by atoms with Crippen molar-refractivity contribution in [2.24, 2.45) is 0 Å². The highest BCUT2D eigenvalue weighted by Gasteiger charge is 2.28. The standard InChI is InChI=1S/C14H23N3O3/c1-10(11(2)18)17-13(19)7-12(8-15-17)16-5-6-20-14(3,4)9-16/h7-8,10-11,18H,5-6,9H2,1-4H3. The summed E-state index contributed by atoms with van der Waals surface area (Å²) in [4.78, 5) is 14.2. The Morgan fingerprint density at radius 3 is 2.70 bits per heavy atom. The Morgan fingerprint density at radius 1 is 1.45 bits per heavy atom. The average molecular weight is 281 g/mol. The van der Waals surface area contributed by atoms with E-state index in [0.29, 0.717) is 6.61 Å². The van der Waals surface area contributed by atoms with E-state index in [9.17, 15) is 9.90 Å². The Balaban J connectivity index is 2.23. The summed E-state index contributed by atoms with van der Waals surface area (Å²) in [6.45, 7) is 9.60. The molecule has 6 nitrogen and oxygen atoms in total. The molecule has 0 aliphatic carbocycles. The van der Waals surface area contributed by atoms with Crippen LogP contribution in [0.1, 0.15) is 33.7 Å². The fraction of sp³-hybridized carbons (Fsp3) is 0.714. The smallest absolute Gasteiger partial charge is 0.269 e. The van der Waals surface area contributed by atoms with Crippen molar-refractivity contribution in [2.45, 2.75) is 45.4 Å². The van der Waals surface area contributed by atoms with Gasteiger partial charge in [0.1, 0.15) is 0 Å². The van der Waals surface area contributed by atoms with Crippen LogP contribution >= 0.6 is 0 Å². The zero-order valence-corrected chi connectivity index (χ0v) is 12.5. The van der Waals surface area contributed by atoms with Crippen molar-refractivity contribution in [1.82, 2.24) is 9.78 Å². The Hall–Kier alpha value is -1.40. The van der Waals surface area contributed by atoms with E-state index in [1.54, 1.807) is 26.1 Å². The van der Waals surface area contributed by atoms with Gasteiger partial charge in [0.15, 0.2) is 0 Å². The molecule has 2 unspecified atom stereocenters. The average Bonchev–Trinajstić information content (AvgIpc) is 2.36. The molecule has 0 aromatic carbocycles. The molecule has 0 radical (unpaired) electrons. The minimum atomic E-state index is -0.617. The maximum Gasteiger partial charge on any atom is 0.269 e. The van der Waals surface area contributed by atoms with Gasteiger partial charge < -0.3 is 14.7 Å². The molecule has 1 aliphatic heterocycles. The van der Waals surface area contributed by atoms with Crippen LogP contribution in [0.25, 0.3) is 0 Å². The van der Waals surface area contributed by atoms with E-state index in [2.05, 4.69) is 10.00 Å². The van der Waals surface area contributed by atoms with E-state index in [4.69, 9.17) is 4.74 Å². The summed E-state index contributed by atoms with van der Waals surface area (Å²) in [6.07, 6.45) is 1.06. The van der Waals surface area contributed by atoms with E-state index < -0.39 is 6.10 Å². The zero-order chi connectivity index (χ0) is 14.9. The van der Waals surface area contributed by atoms with E-state index in [-0.39, 0.29) is 17.2 Å². The van der Waals surface area contributed by atoms with E-state index >= 15 is 0 Å². The predicted molar refractivity (Wildman–Crippen MR) is 77.1 cm³/mol. The van der Waals surface area contributed by atoms with Gasteiger partial charge >= 0.3 is 0 Å². The van der Waals surface area contributed by atoms with Crippen LogP contribution in [0.4, 0.5) is 5.69 Å². The number of anilines is 1. The van der Waals surface area contributed by atoms with E-state index in [0.717, 1.165) is 18.8 Å². The summed E-state index contributed by atoms with van der Waals surface area (Å²) < 4.78 is 6.98. The van der Waals surface area contributed by atoms with Crippen molar-refractivity contribution >= 4 is 5.69 Å². The van der Waals surface area contributed by atoms with Gasteiger partial charge in [-0.05, 0) is 27.7 Å². The van der Waals surface area contributed by atoms with Crippen molar-refractivity contribution in [2.75, 3.05) is 24.6 Å². The molecule has 20 heavy (non-hydrogen) atoms. The van der Waals surface area contributed by atoms with Crippen molar-refractivity contribution in [3.05, 3.63) is 22.6 Å². The number of rotatable bonds is 3. The number of aromatic nitrogens is 2. The Bertz CT molecular complexity index is 525. The van der Waals surface area contributed by atoms with Crippen molar-refractivity contribution in [3.8, 4) is 0 Å². The summed E-state index contributed by atoms with van der Waals surface area (Å²) >= 11 is 0. The maximum atomic E-state index is 12.1. The molecule has 2 heterocycles. The van der Waals surface area contributed by atoms with Gasteiger partial charge in [0, 0.05) is 19.2 Å². The van der Waals surface area contributed by atoms with Gasteiger partial charge in [0.2, 0.25) is 0 Å². The number of ether oxygens (including phenoxy) is 1. The zero-order valence-electron chi connectivity index (χ0n) is 12.5. The second-order valence-corrected chi connectivity index (χ2v) is 6.01. The summed E-state index contributed by atoms with van der Waals surface area (Å²) in [6, 6.07) is 1.24. The normalized spacial score (nSPS) is 21.6. The highest BCUT2D eigenvalue weighted by Crippen LogP contribution is 2.21. The maximum absolute atomic E-state index is 12.1. The van der Waals surface area contributed by atoms with E-state index in [1.165, 1.54) is 4.68 Å². The molecule has 1 saturated heterocycles. The van der Waals surface area contributed by atoms with Gasteiger partial charge in [-0.3, -0.25) is 4.79 Å². The highest BCUT2D eigenvalue weighted by molar-refractivity contribution is 5.43. The van der Waals surface area contributed by atoms with Gasteiger partial charge in [0.05, 0.1) is 36.2 Å². The number of aliphatic hydroxyl groups is 1. The quantitative estimate of drug-likeness (QED) is 0.887. The van der Waals surface area contributed by atoms with Gasteiger partial charge in [-0.15, -0.1) is 0 Å². The molecule has 0 amide bonds. The minimum absolute atomic E-state index is 0.194. The number of hydrogen-bond acceptors (Lipinski definition) is 5. The molecule has 1 fully saturated rings. The molecule has 0 saturated carbocycles. The summed E-state index contributed by atoms with van der Waals surface area (Å²) in [5.41, 5.74) is 0.389. The lowest BCUT2D eigenvalue weighted by Gasteiger charge is -2.39. The first kappa shape index (κ1) is 15.0. The fourth-order valence-electron chi connectivity index (χ4n) is 2.33. The first-order valence-electron chi connectivity index (χ1n) is 6.96. The molecule has 1 aliphatic rings. The highest BCUT2D eigenvalue weighted by atomic mass is 16.5. The minimum Gasteiger partial charge on any atom is -0.391 e. The van der Waals surface area contributed by atoms with Gasteiger partial charge in [0.25, 0.3) is 5.56 Å². The Kier molecular flexibility index (Phi) is 4.15. The van der Waals surface area contributed by atoms with Crippen LogP contribution in [0.2, 0.25) is 0 Å². The van der Waals surface area contributed by atoms with E-state index in [1.807, 2.05) is 13.8 Å². The largest absolute Gasteiger partial charge is 0.391 e. The van der Waals surface area contributed by atoms with Gasteiger partial charge in [-0.1, -0.05) is 0 Å². The molecule has 2 atom stereocenters. The summed E-state index contributed by atoms with van der Waals surface area (Å²) in [7, 11) is 0. The van der Waals surface area contributed by atoms with Crippen molar-refractivity contribution in [3.63, 3.8) is 0 Å². The van der Waals surface area contributed by atoms with Crippen LogP contribution in [0, 0.1) is 0 Å². The first-order chi connectivity index (χ1) is 9.30. The lowest BCUT2D eigenvalue weighted by atomic mass is 10.1. The number of hydrogen-bond donors (Lipinski definition) is 1. The lowest BCUT2D eigenvalue weighted by Crippen LogP contribution is -2.48. The third-order valence-corrected chi connectivity index (χ3v) is 3.69. The third-order valence-electron chi connectivity index (χ3n) is 3.69. The van der Waals surface area contributed by atoms with Crippen LogP contribution in [-0.4, -0.2) is 46.3 Å². The molecule has 0 bridgehead atoms. The van der Waals surface area contributed by atoms with Crippen LogP contribution in [0.5, 0.6) is 0 Å². The fourth-order valence-corrected chi connectivity index (χ4v) is 2.33. The molecule has 6 heteroatoms. The molecular weight excluding hydrogens is 258 g/mol. The van der Waals surface area contributed by atoms with Crippen LogP contribution < -0.4 is 10.5 Å². The van der Waals surface area contributed by atoms with Crippen LogP contribution in [0.3, 0.4) is 0 Å². The molecular formula is C14H23N3O3. The molecule has 1 aromatic rings. The molecule has 0 spiro atoms. The molecule has 2 rings (SSSR count). The summed E-state index contributed by atoms with van der Waals surface area (Å²) in [5, 5.41) is 13.7. The van der Waals surface area contributed by atoms with Crippen molar-refractivity contribution < 1.29 is 9.84 Å². The SMILES string of the molecule is CC(O)C(C)n1ncc(N2CCOC(C)(C)C2)cc1=O. The molecule has 1 aromatic heterocycles. The van der Waals surface area contributed by atoms with Crippen LogP contribution in [0.15, 0.2) is 17.1 Å². The van der Waals surface area contributed by atoms with Crippen LogP contribution in [-0.2, 0) is 4.74 Å². The third kappa shape index (κ3) is 3.19. The number of nitrogens with zero attached hydrogens (tertiary/aromatic N) is 3. The molecule has 1 N–H and O–H groups in total. The predicted octanol–water partition coefficient (Wildman–Crippen LogP) is 0.800. The first-order valence-corrected chi connectivity index (χ1v) is 6.96. The van der Waals surface area contributed by atoms with Gasteiger partial charge in [-0.2, -0.15) is 5.10 Å². The Morgan fingerprint density at radius 2 is 2.15 bits per heavy atom. The van der Waals surface area contributed by atoms with Gasteiger partial charge in [-0.25, -0.2) is 4.68 Å². The Labute approximate surface area is 119 Å². The number of aliphatic hydroxyl groups excluding tert-OH is 1. The van der Waals surface area contributed by atoms with Crippen molar-refractivity contribution in [1.29, 1.82) is 0 Å². The topological polar surface area (TPSA) is 67.6 Å². The second-order valence-electron chi connectivity index (χ2n) is 6.01. The molecule has 112 valence electrons. The lowest BCUT2D eigenvalue weighted by molar-refractivity contribution is -0.0277. The monoisotopic (exact) mass is 281 g/mol. The second kappa shape index (κ2) is 5.54. The number of morpholine rings is 1. The summed E-state index contributed by atoms with van der Waals surface area (Å²) in [5.74, 6) is 0.